The average Bonchev–Trinajstić information content (AvgIpc) is 3.33. The third kappa shape index (κ3) is 53.3. The van der Waals surface area contributed by atoms with Crippen LogP contribution >= 0.6 is 0 Å². The van der Waals surface area contributed by atoms with Gasteiger partial charge in [-0.15, -0.1) is 0 Å². The summed E-state index contributed by atoms with van der Waals surface area (Å²) in [5.41, 5.74) is 0. The van der Waals surface area contributed by atoms with E-state index >= 15 is 0 Å². The third-order valence-electron chi connectivity index (χ3n) is 13.7. The molecular weight excluding hydrogens is 827 g/mol. The second-order valence-electron chi connectivity index (χ2n) is 20.3. The maximum atomic E-state index is 12.5. The molecule has 0 aromatic heterocycles. The van der Waals surface area contributed by atoms with Crippen LogP contribution in [-0.2, 0) is 14.3 Å². The molecule has 0 aromatic rings. The highest BCUT2D eigenvalue weighted by atomic mass is 16.5. The zero-order chi connectivity index (χ0) is 48.6. The average molecular weight is 943 g/mol. The zero-order valence-electron chi connectivity index (χ0n) is 44.9. The molecule has 0 saturated carbocycles. The van der Waals surface area contributed by atoms with Gasteiger partial charge in [-0.2, -0.15) is 0 Å². The minimum Gasteiger partial charge on any atom is -0.466 e. The van der Waals surface area contributed by atoms with Crippen LogP contribution in [0.2, 0.25) is 0 Å². The molecule has 0 rings (SSSR count). The minimum absolute atomic E-state index is 0.0246. The highest BCUT2D eigenvalue weighted by Crippen LogP contribution is 2.17. The van der Waals surface area contributed by atoms with Gasteiger partial charge in [0, 0.05) is 12.8 Å². The topological polar surface area (TPSA) is 95.9 Å². The Balaban J connectivity index is 3.50. The molecule has 0 aliphatic heterocycles. The van der Waals surface area contributed by atoms with Crippen LogP contribution < -0.4 is 5.32 Å². The van der Waals surface area contributed by atoms with Crippen molar-refractivity contribution in [2.75, 3.05) is 13.2 Å². The number of carbonyl (C=O) groups is 2. The number of nitrogens with one attached hydrogen (secondary N) is 1. The minimum atomic E-state index is -0.676. The third-order valence-corrected chi connectivity index (χ3v) is 13.7. The highest BCUT2D eigenvalue weighted by Gasteiger charge is 2.20. The molecule has 394 valence electrons. The van der Waals surface area contributed by atoms with Gasteiger partial charge in [-0.3, -0.25) is 9.59 Å². The molecule has 6 heteroatoms. The van der Waals surface area contributed by atoms with Gasteiger partial charge in [0.15, 0.2) is 0 Å². The van der Waals surface area contributed by atoms with Crippen LogP contribution in [0.5, 0.6) is 0 Å². The molecular formula is C61H115NO5. The first-order valence-corrected chi connectivity index (χ1v) is 29.7. The number of allylic oxidation sites excluding steroid dienone is 6. The molecule has 0 radical (unpaired) electrons. The monoisotopic (exact) mass is 942 g/mol. The molecule has 1 amide bonds. The summed E-state index contributed by atoms with van der Waals surface area (Å²) in [5.74, 6) is -0.0738. The van der Waals surface area contributed by atoms with E-state index in [9.17, 15) is 19.8 Å². The number of aliphatic hydroxyl groups excluding tert-OH is 2. The Morgan fingerprint density at radius 1 is 0.418 bits per heavy atom. The van der Waals surface area contributed by atoms with Crippen LogP contribution in [0.15, 0.2) is 36.5 Å². The molecule has 3 N–H and O–H groups in total. The summed E-state index contributed by atoms with van der Waals surface area (Å²) in [6.45, 7) is 4.90. The van der Waals surface area contributed by atoms with Gasteiger partial charge in [-0.05, 0) is 89.9 Å². The summed E-state index contributed by atoms with van der Waals surface area (Å²) >= 11 is 0. The van der Waals surface area contributed by atoms with E-state index < -0.39 is 12.1 Å². The van der Waals surface area contributed by atoms with Gasteiger partial charge in [0.2, 0.25) is 5.91 Å². The van der Waals surface area contributed by atoms with E-state index in [1.807, 2.05) is 0 Å². The SMILES string of the molecule is CCCCCC/C=C\CCCCCCCC(=O)OCCCCC/C=C\C/C=C\CCCCCCCCCC(=O)NC(CO)C(O)CCCCCCCCCCCCCCCCCCCCCC. The number of hydrogen-bond acceptors (Lipinski definition) is 5. The van der Waals surface area contributed by atoms with Crippen molar-refractivity contribution in [2.45, 2.75) is 328 Å². The van der Waals surface area contributed by atoms with Gasteiger partial charge in [0.05, 0.1) is 25.4 Å². The number of esters is 1. The first-order valence-electron chi connectivity index (χ1n) is 29.7. The molecule has 0 heterocycles. The Kier molecular flexibility index (Phi) is 55.0. The molecule has 0 saturated heterocycles. The van der Waals surface area contributed by atoms with Crippen LogP contribution in [0.25, 0.3) is 0 Å². The van der Waals surface area contributed by atoms with Gasteiger partial charge < -0.3 is 20.3 Å². The Labute approximate surface area is 417 Å². The lowest BCUT2D eigenvalue weighted by molar-refractivity contribution is -0.143. The Bertz CT molecular complexity index is 1090. The van der Waals surface area contributed by atoms with Crippen molar-refractivity contribution in [3.8, 4) is 0 Å². The van der Waals surface area contributed by atoms with Gasteiger partial charge in [-0.1, -0.05) is 249 Å². The fourth-order valence-corrected chi connectivity index (χ4v) is 9.08. The highest BCUT2D eigenvalue weighted by molar-refractivity contribution is 5.76. The van der Waals surface area contributed by atoms with E-state index in [1.54, 1.807) is 0 Å². The van der Waals surface area contributed by atoms with Crippen LogP contribution in [0.3, 0.4) is 0 Å². The van der Waals surface area contributed by atoms with Crippen molar-refractivity contribution in [2.24, 2.45) is 0 Å². The summed E-state index contributed by atoms with van der Waals surface area (Å²) in [6, 6.07) is -0.555. The van der Waals surface area contributed by atoms with Crippen LogP contribution in [0.1, 0.15) is 316 Å². The lowest BCUT2D eigenvalue weighted by atomic mass is 10.0. The quantitative estimate of drug-likeness (QED) is 0.0321. The molecule has 0 fully saturated rings. The molecule has 2 unspecified atom stereocenters. The maximum absolute atomic E-state index is 12.5. The molecule has 6 nitrogen and oxygen atoms in total. The molecule has 0 spiro atoms. The summed E-state index contributed by atoms with van der Waals surface area (Å²) < 4.78 is 5.44. The summed E-state index contributed by atoms with van der Waals surface area (Å²) in [4.78, 5) is 24.5. The van der Waals surface area contributed by atoms with Crippen molar-refractivity contribution in [1.29, 1.82) is 0 Å². The smallest absolute Gasteiger partial charge is 0.305 e. The standard InChI is InChI=1S/C61H115NO5/c1-3-5-7-9-11-13-15-17-18-19-20-21-23-26-30-33-37-41-45-49-53-59(64)58(57-63)62-60(65)54-50-46-42-38-34-31-27-24-22-25-28-32-36-40-44-48-52-56-67-61(66)55-51-47-43-39-35-29-16-14-12-10-8-6-4-2/h14,16,22,25,32,36,58-59,63-64H,3-13,15,17-21,23-24,26-31,33-35,37-57H2,1-2H3,(H,62,65)/b16-14-,25-22-,36-32-. The predicted octanol–water partition coefficient (Wildman–Crippen LogP) is 18.4. The number of aliphatic hydroxyl groups is 2. The second-order valence-corrected chi connectivity index (χ2v) is 20.3. The fourth-order valence-electron chi connectivity index (χ4n) is 9.08. The summed E-state index contributed by atoms with van der Waals surface area (Å²) in [5, 5.41) is 23.3. The Morgan fingerprint density at radius 2 is 0.746 bits per heavy atom. The lowest BCUT2D eigenvalue weighted by Gasteiger charge is -2.22. The summed E-state index contributed by atoms with van der Waals surface area (Å²) in [6.07, 6.45) is 69.9. The van der Waals surface area contributed by atoms with E-state index in [0.717, 1.165) is 83.5 Å². The predicted molar refractivity (Wildman–Crippen MR) is 292 cm³/mol. The fraction of sp³-hybridized carbons (Fsp3) is 0.869. The van der Waals surface area contributed by atoms with Crippen molar-refractivity contribution >= 4 is 11.9 Å². The number of hydrogen-bond donors (Lipinski definition) is 3. The molecule has 0 bridgehead atoms. The normalized spacial score (nSPS) is 12.8. The van der Waals surface area contributed by atoms with E-state index in [4.69, 9.17) is 4.74 Å². The van der Waals surface area contributed by atoms with Crippen molar-refractivity contribution in [3.63, 3.8) is 0 Å². The van der Waals surface area contributed by atoms with Gasteiger partial charge in [0.1, 0.15) is 0 Å². The number of unbranched alkanes of at least 4 members (excludes halogenated alkanes) is 38. The number of ether oxygens (including phenoxy) is 1. The second kappa shape index (κ2) is 56.7. The van der Waals surface area contributed by atoms with Crippen LogP contribution in [0, 0.1) is 0 Å². The van der Waals surface area contributed by atoms with E-state index in [1.165, 1.54) is 199 Å². The Morgan fingerprint density at radius 3 is 1.16 bits per heavy atom. The number of amides is 1. The lowest BCUT2D eigenvalue weighted by Crippen LogP contribution is -2.45. The number of carbonyl (C=O) groups excluding carboxylic acids is 2. The maximum Gasteiger partial charge on any atom is 0.305 e. The molecule has 0 aliphatic carbocycles. The van der Waals surface area contributed by atoms with E-state index in [-0.39, 0.29) is 18.5 Å². The Hall–Kier alpha value is -1.92. The van der Waals surface area contributed by atoms with Gasteiger partial charge >= 0.3 is 5.97 Å². The largest absolute Gasteiger partial charge is 0.466 e. The summed E-state index contributed by atoms with van der Waals surface area (Å²) in [7, 11) is 0. The number of rotatable bonds is 55. The van der Waals surface area contributed by atoms with Crippen molar-refractivity contribution < 1.29 is 24.5 Å². The van der Waals surface area contributed by atoms with Crippen molar-refractivity contribution in [3.05, 3.63) is 36.5 Å². The first-order chi connectivity index (χ1) is 33.0. The van der Waals surface area contributed by atoms with Gasteiger partial charge in [-0.25, -0.2) is 0 Å². The van der Waals surface area contributed by atoms with E-state index in [2.05, 4.69) is 55.6 Å². The van der Waals surface area contributed by atoms with E-state index in [0.29, 0.717) is 25.9 Å². The molecule has 0 aliphatic rings. The molecule has 0 aromatic carbocycles. The van der Waals surface area contributed by atoms with Crippen LogP contribution in [-0.4, -0.2) is 47.4 Å². The molecule has 67 heavy (non-hydrogen) atoms. The molecule has 2 atom stereocenters. The van der Waals surface area contributed by atoms with Crippen LogP contribution in [0.4, 0.5) is 0 Å². The van der Waals surface area contributed by atoms with Crippen molar-refractivity contribution in [1.82, 2.24) is 5.32 Å². The zero-order valence-corrected chi connectivity index (χ0v) is 44.9. The first kappa shape index (κ1) is 65.1. The van der Waals surface area contributed by atoms with Gasteiger partial charge in [0.25, 0.3) is 0 Å².